The van der Waals surface area contributed by atoms with E-state index >= 15 is 0 Å². The first-order valence-electron chi connectivity index (χ1n) is 8.04. The van der Waals surface area contributed by atoms with Gasteiger partial charge in [0.25, 0.3) is 0 Å². The Morgan fingerprint density at radius 2 is 1.78 bits per heavy atom. The summed E-state index contributed by atoms with van der Waals surface area (Å²) in [7, 11) is 0. The highest BCUT2D eigenvalue weighted by Gasteiger charge is 2.19. The third-order valence-corrected chi connectivity index (χ3v) is 4.69. The molecule has 0 aliphatic carbocycles. The largest absolute Gasteiger partial charge is 0.369 e. The number of nitrogens with zero attached hydrogens (tertiary/aromatic N) is 5. The molecule has 1 saturated heterocycles. The van der Waals surface area contributed by atoms with Gasteiger partial charge < -0.3 is 5.73 Å². The molecule has 1 aromatic carbocycles. The number of nitrogen functional groups attached to an aromatic ring is 1. The van der Waals surface area contributed by atoms with Gasteiger partial charge >= 0.3 is 0 Å². The molecule has 0 amide bonds. The Morgan fingerprint density at radius 1 is 1.04 bits per heavy atom. The number of rotatable bonds is 3. The molecule has 0 radical (unpaired) electrons. The Labute approximate surface area is 135 Å². The topological polar surface area (TPSA) is 72.3 Å². The Balaban J connectivity index is 1.67. The minimum atomic E-state index is 0.400. The molecule has 6 heteroatoms. The van der Waals surface area contributed by atoms with E-state index in [1.165, 1.54) is 31.5 Å². The first-order chi connectivity index (χ1) is 11.2. The van der Waals surface area contributed by atoms with Crippen LogP contribution in [0, 0.1) is 0 Å². The van der Waals surface area contributed by atoms with E-state index in [4.69, 9.17) is 5.73 Å². The van der Waals surface area contributed by atoms with Gasteiger partial charge in [-0.3, -0.25) is 4.90 Å². The molecule has 118 valence electrons. The van der Waals surface area contributed by atoms with Crippen LogP contribution >= 0.6 is 0 Å². The molecular formula is C17H20N6. The smallest absolute Gasteiger partial charge is 0.207 e. The summed E-state index contributed by atoms with van der Waals surface area (Å²) in [6, 6.07) is 10.8. The molecule has 6 nitrogen and oxygen atoms in total. The second-order valence-electron chi connectivity index (χ2n) is 6.06. The Bertz CT molecular complexity index is 817. The van der Waals surface area contributed by atoms with Crippen molar-refractivity contribution in [1.82, 2.24) is 24.5 Å². The Hall–Kier alpha value is -2.47. The van der Waals surface area contributed by atoms with E-state index in [0.29, 0.717) is 17.6 Å². The number of anilines is 1. The zero-order valence-electron chi connectivity index (χ0n) is 13.2. The van der Waals surface area contributed by atoms with E-state index in [9.17, 15) is 0 Å². The first kappa shape index (κ1) is 14.1. The molecule has 0 saturated carbocycles. The van der Waals surface area contributed by atoms with E-state index in [1.807, 2.05) is 0 Å². The number of hydrogen-bond acceptors (Lipinski definition) is 5. The fourth-order valence-electron chi connectivity index (χ4n) is 3.31. The minimum Gasteiger partial charge on any atom is -0.369 e. The minimum absolute atomic E-state index is 0.400. The molecular weight excluding hydrogens is 288 g/mol. The molecule has 1 unspecified atom stereocenters. The van der Waals surface area contributed by atoms with Gasteiger partial charge in [-0.2, -0.15) is 0 Å². The van der Waals surface area contributed by atoms with Crippen LogP contribution < -0.4 is 5.73 Å². The van der Waals surface area contributed by atoms with E-state index in [2.05, 4.69) is 51.3 Å². The summed E-state index contributed by atoms with van der Waals surface area (Å²) < 4.78 is 1.78. The third kappa shape index (κ3) is 2.45. The molecule has 2 N–H and O–H groups in total. The van der Waals surface area contributed by atoms with Crippen LogP contribution in [0.5, 0.6) is 0 Å². The molecule has 3 heterocycles. The van der Waals surface area contributed by atoms with Gasteiger partial charge in [-0.05, 0) is 38.4 Å². The molecule has 2 aromatic heterocycles. The predicted molar refractivity (Wildman–Crippen MR) is 89.9 cm³/mol. The average molecular weight is 308 g/mol. The highest BCUT2D eigenvalue weighted by molar-refractivity contribution is 5.62. The molecule has 0 bridgehead atoms. The van der Waals surface area contributed by atoms with Crippen molar-refractivity contribution in [2.24, 2.45) is 0 Å². The van der Waals surface area contributed by atoms with Crippen molar-refractivity contribution in [1.29, 1.82) is 0 Å². The van der Waals surface area contributed by atoms with E-state index in [0.717, 1.165) is 11.4 Å². The van der Waals surface area contributed by atoms with Crippen molar-refractivity contribution in [2.45, 2.75) is 25.8 Å². The number of fused-ring (bicyclic) bond motifs is 1. The van der Waals surface area contributed by atoms with Gasteiger partial charge in [-0.15, -0.1) is 10.2 Å². The van der Waals surface area contributed by atoms with Gasteiger partial charge in [-0.1, -0.05) is 24.3 Å². The van der Waals surface area contributed by atoms with Crippen molar-refractivity contribution in [3.8, 4) is 11.4 Å². The maximum absolute atomic E-state index is 5.96. The lowest BCUT2D eigenvalue weighted by Gasteiger charge is -2.24. The van der Waals surface area contributed by atoms with Crippen LogP contribution in [0.1, 0.15) is 31.4 Å². The fourth-order valence-corrected chi connectivity index (χ4v) is 3.31. The van der Waals surface area contributed by atoms with Crippen LogP contribution in [-0.4, -0.2) is 37.6 Å². The third-order valence-electron chi connectivity index (χ3n) is 4.69. The second kappa shape index (κ2) is 5.62. The number of benzene rings is 1. The van der Waals surface area contributed by atoms with Crippen LogP contribution in [0.15, 0.2) is 36.5 Å². The number of aromatic nitrogens is 4. The van der Waals surface area contributed by atoms with Gasteiger partial charge in [0.05, 0.1) is 0 Å². The lowest BCUT2D eigenvalue weighted by Crippen LogP contribution is -2.23. The van der Waals surface area contributed by atoms with Gasteiger partial charge in [-0.25, -0.2) is 9.38 Å². The Kier molecular flexibility index (Phi) is 3.46. The van der Waals surface area contributed by atoms with Crippen molar-refractivity contribution in [3.63, 3.8) is 0 Å². The van der Waals surface area contributed by atoms with Crippen LogP contribution in [0.4, 0.5) is 5.95 Å². The molecule has 1 fully saturated rings. The molecule has 4 rings (SSSR count). The van der Waals surface area contributed by atoms with Crippen molar-refractivity contribution in [2.75, 3.05) is 18.8 Å². The Morgan fingerprint density at radius 3 is 2.52 bits per heavy atom. The maximum Gasteiger partial charge on any atom is 0.207 e. The number of hydrogen-bond donors (Lipinski definition) is 1. The lowest BCUT2D eigenvalue weighted by atomic mass is 10.0. The monoisotopic (exact) mass is 308 g/mol. The average Bonchev–Trinajstić information content (AvgIpc) is 3.25. The van der Waals surface area contributed by atoms with Gasteiger partial charge in [0.15, 0.2) is 11.5 Å². The van der Waals surface area contributed by atoms with Crippen LogP contribution in [0.2, 0.25) is 0 Å². The zero-order valence-corrected chi connectivity index (χ0v) is 13.2. The second-order valence-corrected chi connectivity index (χ2v) is 6.06. The molecule has 23 heavy (non-hydrogen) atoms. The van der Waals surface area contributed by atoms with Crippen molar-refractivity contribution >= 4 is 11.6 Å². The number of nitrogens with two attached hydrogens (primary N) is 1. The van der Waals surface area contributed by atoms with Crippen LogP contribution in [0.25, 0.3) is 17.0 Å². The van der Waals surface area contributed by atoms with Crippen molar-refractivity contribution in [3.05, 3.63) is 42.1 Å². The summed E-state index contributed by atoms with van der Waals surface area (Å²) >= 11 is 0. The van der Waals surface area contributed by atoms with Crippen LogP contribution in [0.3, 0.4) is 0 Å². The zero-order chi connectivity index (χ0) is 15.8. The summed E-state index contributed by atoms with van der Waals surface area (Å²) in [5, 5.41) is 8.42. The molecule has 3 aromatic rings. The molecule has 1 aliphatic rings. The standard InChI is InChI=1S/C17H20N6/c1-12(22-10-2-3-11-22)13-4-6-14(7-5-13)16-21-20-15-8-9-19-17(18)23(15)16/h4-9,12H,2-3,10-11H2,1H3,(H2,18,19). The lowest BCUT2D eigenvalue weighted by molar-refractivity contribution is 0.263. The summed E-state index contributed by atoms with van der Waals surface area (Å²) in [6.07, 6.45) is 4.25. The summed E-state index contributed by atoms with van der Waals surface area (Å²) in [5.74, 6) is 1.13. The van der Waals surface area contributed by atoms with E-state index in [1.54, 1.807) is 16.7 Å². The van der Waals surface area contributed by atoms with E-state index < -0.39 is 0 Å². The SMILES string of the molecule is CC(c1ccc(-c2nnc3ccnc(N)n23)cc1)N1CCCC1. The molecule has 1 aliphatic heterocycles. The first-order valence-corrected chi connectivity index (χ1v) is 8.04. The normalized spacial score (nSPS) is 16.9. The highest BCUT2D eigenvalue weighted by Crippen LogP contribution is 2.27. The van der Waals surface area contributed by atoms with E-state index in [-0.39, 0.29) is 0 Å². The van der Waals surface area contributed by atoms with Gasteiger partial charge in [0, 0.05) is 23.9 Å². The molecule has 0 spiro atoms. The van der Waals surface area contributed by atoms with Crippen LogP contribution in [-0.2, 0) is 0 Å². The predicted octanol–water partition coefficient (Wildman–Crippen LogP) is 2.53. The summed E-state index contributed by atoms with van der Waals surface area (Å²) in [5.41, 5.74) is 9.00. The fraction of sp³-hybridized carbons (Fsp3) is 0.353. The quantitative estimate of drug-likeness (QED) is 0.805. The highest BCUT2D eigenvalue weighted by atomic mass is 15.3. The summed E-state index contributed by atoms with van der Waals surface area (Å²) in [6.45, 7) is 4.66. The molecule has 1 atom stereocenters. The number of likely N-dealkylation sites (tertiary alicyclic amines) is 1. The maximum atomic E-state index is 5.96. The van der Waals surface area contributed by atoms with Gasteiger partial charge in [0.2, 0.25) is 5.95 Å². The summed E-state index contributed by atoms with van der Waals surface area (Å²) in [4.78, 5) is 6.65. The van der Waals surface area contributed by atoms with Crippen molar-refractivity contribution < 1.29 is 0 Å². The van der Waals surface area contributed by atoms with Gasteiger partial charge in [0.1, 0.15) is 0 Å².